The molecular formula is C10H9N2. The van der Waals surface area contributed by atoms with E-state index in [0.29, 0.717) is 0 Å². The minimum atomic E-state index is 0.758. The SMILES string of the molecule is [CH2]c1nc2ccccc2nc1C. The van der Waals surface area contributed by atoms with Gasteiger partial charge < -0.3 is 0 Å². The van der Waals surface area contributed by atoms with Crippen molar-refractivity contribution in [2.24, 2.45) is 0 Å². The molecule has 12 heavy (non-hydrogen) atoms. The Balaban J connectivity index is 2.84. The Bertz CT molecular complexity index is 381. The third-order valence-corrected chi connectivity index (χ3v) is 1.84. The lowest BCUT2D eigenvalue weighted by Gasteiger charge is -2.00. The van der Waals surface area contributed by atoms with Crippen molar-refractivity contribution in [1.29, 1.82) is 0 Å². The van der Waals surface area contributed by atoms with Crippen LogP contribution in [0.1, 0.15) is 11.4 Å². The molecule has 0 saturated carbocycles. The second kappa shape index (κ2) is 2.55. The van der Waals surface area contributed by atoms with E-state index in [0.717, 1.165) is 22.4 Å². The van der Waals surface area contributed by atoms with Crippen LogP contribution in [0.2, 0.25) is 0 Å². The van der Waals surface area contributed by atoms with Crippen molar-refractivity contribution in [2.45, 2.75) is 6.92 Å². The lowest BCUT2D eigenvalue weighted by Crippen LogP contribution is -1.92. The number of hydrogen-bond donors (Lipinski definition) is 0. The van der Waals surface area contributed by atoms with E-state index >= 15 is 0 Å². The molecule has 2 rings (SSSR count). The molecule has 0 amide bonds. The Hall–Kier alpha value is -1.44. The van der Waals surface area contributed by atoms with Gasteiger partial charge in [0.25, 0.3) is 0 Å². The van der Waals surface area contributed by atoms with Gasteiger partial charge in [-0.15, -0.1) is 0 Å². The quantitative estimate of drug-likeness (QED) is 0.585. The van der Waals surface area contributed by atoms with Crippen molar-refractivity contribution in [3.8, 4) is 0 Å². The minimum Gasteiger partial charge on any atom is -0.250 e. The lowest BCUT2D eigenvalue weighted by atomic mass is 10.2. The second-order valence-electron chi connectivity index (χ2n) is 2.74. The Labute approximate surface area is 71.3 Å². The smallest absolute Gasteiger partial charge is 0.0890 e. The Kier molecular flexibility index (Phi) is 1.54. The molecule has 0 atom stereocenters. The van der Waals surface area contributed by atoms with E-state index in [1.165, 1.54) is 0 Å². The monoisotopic (exact) mass is 157 g/mol. The zero-order valence-electron chi connectivity index (χ0n) is 6.91. The molecule has 59 valence electrons. The van der Waals surface area contributed by atoms with Gasteiger partial charge in [-0.25, -0.2) is 9.97 Å². The molecule has 2 aromatic rings. The van der Waals surface area contributed by atoms with Crippen LogP contribution in [0, 0.1) is 13.8 Å². The summed E-state index contributed by atoms with van der Waals surface area (Å²) in [5.74, 6) is 0. The van der Waals surface area contributed by atoms with E-state index in [2.05, 4.69) is 16.9 Å². The predicted octanol–water partition coefficient (Wildman–Crippen LogP) is 2.12. The summed E-state index contributed by atoms with van der Waals surface area (Å²) in [6.45, 7) is 5.72. The first kappa shape index (κ1) is 7.22. The molecule has 2 nitrogen and oxygen atoms in total. The van der Waals surface area contributed by atoms with Crippen molar-refractivity contribution >= 4 is 11.0 Å². The van der Waals surface area contributed by atoms with Crippen molar-refractivity contribution < 1.29 is 0 Å². The first-order chi connectivity index (χ1) is 5.77. The molecule has 0 aliphatic carbocycles. The fourth-order valence-electron chi connectivity index (χ4n) is 1.12. The number of nitrogens with zero attached hydrogens (tertiary/aromatic N) is 2. The van der Waals surface area contributed by atoms with E-state index in [4.69, 9.17) is 0 Å². The van der Waals surface area contributed by atoms with Crippen LogP contribution < -0.4 is 0 Å². The average Bonchev–Trinajstić information content (AvgIpc) is 2.07. The standard InChI is InChI=1S/C10H9N2/c1-7-8(2)12-10-6-4-3-5-9(10)11-7/h3-6H,1H2,2H3. The van der Waals surface area contributed by atoms with Crippen LogP contribution >= 0.6 is 0 Å². The highest BCUT2D eigenvalue weighted by Crippen LogP contribution is 2.10. The summed E-state index contributed by atoms with van der Waals surface area (Å²) < 4.78 is 0. The molecular weight excluding hydrogens is 148 g/mol. The molecule has 0 unspecified atom stereocenters. The second-order valence-corrected chi connectivity index (χ2v) is 2.74. The molecule has 0 bridgehead atoms. The molecule has 0 aliphatic heterocycles. The third kappa shape index (κ3) is 1.05. The van der Waals surface area contributed by atoms with Gasteiger partial charge in [-0.05, 0) is 26.0 Å². The first-order valence-corrected chi connectivity index (χ1v) is 3.83. The highest BCUT2D eigenvalue weighted by atomic mass is 14.8. The molecule has 0 saturated heterocycles. The number of aryl methyl sites for hydroxylation is 1. The number of fused-ring (bicyclic) bond motifs is 1. The maximum absolute atomic E-state index is 4.35. The molecule has 0 N–H and O–H groups in total. The molecule has 0 aliphatic rings. The molecule has 1 radical (unpaired) electrons. The predicted molar refractivity (Wildman–Crippen MR) is 48.7 cm³/mol. The van der Waals surface area contributed by atoms with Gasteiger partial charge in [0, 0.05) is 0 Å². The normalized spacial score (nSPS) is 10.5. The summed E-state index contributed by atoms with van der Waals surface area (Å²) in [4.78, 5) is 8.65. The van der Waals surface area contributed by atoms with Crippen LogP contribution in [0.25, 0.3) is 11.0 Å². The van der Waals surface area contributed by atoms with E-state index in [9.17, 15) is 0 Å². The summed E-state index contributed by atoms with van der Waals surface area (Å²) in [5.41, 5.74) is 3.50. The van der Waals surface area contributed by atoms with Crippen molar-refractivity contribution in [1.82, 2.24) is 9.97 Å². The van der Waals surface area contributed by atoms with Crippen LogP contribution in [-0.4, -0.2) is 9.97 Å². The van der Waals surface area contributed by atoms with Gasteiger partial charge in [-0.2, -0.15) is 0 Å². The van der Waals surface area contributed by atoms with Crippen LogP contribution in [-0.2, 0) is 0 Å². The summed E-state index contributed by atoms with van der Waals surface area (Å²) in [5, 5.41) is 0. The Morgan fingerprint density at radius 1 is 1.08 bits per heavy atom. The molecule has 0 fully saturated rings. The average molecular weight is 157 g/mol. The van der Waals surface area contributed by atoms with Crippen molar-refractivity contribution in [3.63, 3.8) is 0 Å². The maximum atomic E-state index is 4.35. The minimum absolute atomic E-state index is 0.758. The van der Waals surface area contributed by atoms with E-state index < -0.39 is 0 Å². The van der Waals surface area contributed by atoms with Gasteiger partial charge >= 0.3 is 0 Å². The highest BCUT2D eigenvalue weighted by Gasteiger charge is 1.98. The summed E-state index contributed by atoms with van der Waals surface area (Å²) in [7, 11) is 0. The number of aromatic nitrogens is 2. The van der Waals surface area contributed by atoms with Gasteiger partial charge in [-0.3, -0.25) is 0 Å². The molecule has 1 heterocycles. The summed E-state index contributed by atoms with van der Waals surface area (Å²) in [6, 6.07) is 7.80. The Morgan fingerprint density at radius 2 is 1.67 bits per heavy atom. The van der Waals surface area contributed by atoms with E-state index in [-0.39, 0.29) is 0 Å². The van der Waals surface area contributed by atoms with Crippen LogP contribution in [0.15, 0.2) is 24.3 Å². The fraction of sp³-hybridized carbons (Fsp3) is 0.100. The van der Waals surface area contributed by atoms with E-state index in [1.807, 2.05) is 31.2 Å². The number of benzene rings is 1. The van der Waals surface area contributed by atoms with Gasteiger partial charge in [0.1, 0.15) is 0 Å². The molecule has 1 aromatic heterocycles. The van der Waals surface area contributed by atoms with Gasteiger partial charge in [-0.1, -0.05) is 12.1 Å². The third-order valence-electron chi connectivity index (χ3n) is 1.84. The van der Waals surface area contributed by atoms with Gasteiger partial charge in [0.2, 0.25) is 0 Å². The number of para-hydroxylation sites is 2. The molecule has 1 aromatic carbocycles. The van der Waals surface area contributed by atoms with Crippen LogP contribution in [0.3, 0.4) is 0 Å². The lowest BCUT2D eigenvalue weighted by molar-refractivity contribution is 1.15. The van der Waals surface area contributed by atoms with Crippen molar-refractivity contribution in [2.75, 3.05) is 0 Å². The molecule has 2 heteroatoms. The largest absolute Gasteiger partial charge is 0.250 e. The van der Waals surface area contributed by atoms with Crippen LogP contribution in [0.5, 0.6) is 0 Å². The van der Waals surface area contributed by atoms with E-state index in [1.54, 1.807) is 0 Å². The zero-order chi connectivity index (χ0) is 8.55. The number of rotatable bonds is 0. The highest BCUT2D eigenvalue weighted by molar-refractivity contribution is 5.74. The first-order valence-electron chi connectivity index (χ1n) is 3.83. The fourth-order valence-corrected chi connectivity index (χ4v) is 1.12. The topological polar surface area (TPSA) is 25.8 Å². The zero-order valence-corrected chi connectivity index (χ0v) is 6.91. The number of hydrogen-bond acceptors (Lipinski definition) is 2. The van der Waals surface area contributed by atoms with Gasteiger partial charge in [0.15, 0.2) is 0 Å². The molecule has 0 spiro atoms. The summed E-state index contributed by atoms with van der Waals surface area (Å²) in [6.07, 6.45) is 0. The van der Waals surface area contributed by atoms with Crippen molar-refractivity contribution in [3.05, 3.63) is 42.6 Å². The maximum Gasteiger partial charge on any atom is 0.0890 e. The summed E-state index contributed by atoms with van der Waals surface area (Å²) >= 11 is 0. The van der Waals surface area contributed by atoms with Gasteiger partial charge in [0.05, 0.1) is 22.4 Å². The van der Waals surface area contributed by atoms with Crippen LogP contribution in [0.4, 0.5) is 0 Å². The Morgan fingerprint density at radius 3 is 2.33 bits per heavy atom.